The average molecular weight is 351 g/mol. The van der Waals surface area contributed by atoms with Crippen molar-refractivity contribution in [1.82, 2.24) is 10.3 Å². The van der Waals surface area contributed by atoms with Crippen LogP contribution in [0.25, 0.3) is 0 Å². The zero-order chi connectivity index (χ0) is 14.8. The van der Waals surface area contributed by atoms with Gasteiger partial charge in [-0.1, -0.05) is 15.9 Å². The van der Waals surface area contributed by atoms with Gasteiger partial charge in [0, 0.05) is 28.8 Å². The second-order valence-electron chi connectivity index (χ2n) is 5.29. The minimum Gasteiger partial charge on any atom is -0.436 e. The summed E-state index contributed by atoms with van der Waals surface area (Å²) in [4.78, 5) is 4.31. The third-order valence-corrected chi connectivity index (χ3v) is 3.76. The molecule has 0 saturated heterocycles. The standard InChI is InChI=1S/C16H16BrFN2O/c1-10-6-11(9-19-13-3-4-13)7-16(20-10)21-15-5-2-12(17)8-14(15)18/h2,5-8,13,19H,3-4,9H2,1H3. The number of benzene rings is 1. The number of nitrogens with zero attached hydrogens (tertiary/aromatic N) is 1. The van der Waals surface area contributed by atoms with Crippen molar-refractivity contribution < 1.29 is 9.13 Å². The molecule has 2 aromatic rings. The minimum absolute atomic E-state index is 0.178. The topological polar surface area (TPSA) is 34.1 Å². The predicted octanol–water partition coefficient (Wildman–Crippen LogP) is 4.34. The van der Waals surface area contributed by atoms with E-state index in [1.165, 1.54) is 18.9 Å². The van der Waals surface area contributed by atoms with Gasteiger partial charge in [0.25, 0.3) is 0 Å². The highest BCUT2D eigenvalue weighted by Gasteiger charge is 2.20. The van der Waals surface area contributed by atoms with Crippen molar-refractivity contribution in [2.24, 2.45) is 0 Å². The highest BCUT2D eigenvalue weighted by molar-refractivity contribution is 9.10. The van der Waals surface area contributed by atoms with Gasteiger partial charge in [0.1, 0.15) is 0 Å². The first kappa shape index (κ1) is 14.5. The fourth-order valence-corrected chi connectivity index (χ4v) is 2.41. The number of hydrogen-bond acceptors (Lipinski definition) is 3. The number of hydrogen-bond donors (Lipinski definition) is 1. The highest BCUT2D eigenvalue weighted by atomic mass is 79.9. The first-order chi connectivity index (χ1) is 10.1. The Labute approximate surface area is 131 Å². The normalized spacial score (nSPS) is 14.2. The van der Waals surface area contributed by atoms with E-state index in [9.17, 15) is 4.39 Å². The molecule has 0 spiro atoms. The summed E-state index contributed by atoms with van der Waals surface area (Å²) >= 11 is 3.23. The zero-order valence-corrected chi connectivity index (χ0v) is 13.3. The summed E-state index contributed by atoms with van der Waals surface area (Å²) < 4.78 is 20.1. The van der Waals surface area contributed by atoms with Gasteiger partial charge >= 0.3 is 0 Å². The lowest BCUT2D eigenvalue weighted by Crippen LogP contribution is -2.15. The van der Waals surface area contributed by atoms with Crippen LogP contribution in [0.2, 0.25) is 0 Å². The van der Waals surface area contributed by atoms with E-state index >= 15 is 0 Å². The van der Waals surface area contributed by atoms with E-state index in [1.807, 2.05) is 19.1 Å². The van der Waals surface area contributed by atoms with Gasteiger partial charge in [0.2, 0.25) is 5.88 Å². The molecule has 0 amide bonds. The molecule has 0 unspecified atom stereocenters. The smallest absolute Gasteiger partial charge is 0.219 e. The van der Waals surface area contributed by atoms with Crippen LogP contribution in [0.1, 0.15) is 24.1 Å². The monoisotopic (exact) mass is 350 g/mol. The molecule has 1 heterocycles. The molecule has 1 aliphatic carbocycles. The van der Waals surface area contributed by atoms with Crippen LogP contribution in [0.3, 0.4) is 0 Å². The van der Waals surface area contributed by atoms with E-state index in [1.54, 1.807) is 12.1 Å². The SMILES string of the molecule is Cc1cc(CNC2CC2)cc(Oc2ccc(Br)cc2F)n1. The van der Waals surface area contributed by atoms with Gasteiger partial charge in [-0.25, -0.2) is 9.37 Å². The Kier molecular flexibility index (Phi) is 4.22. The average Bonchev–Trinajstić information content (AvgIpc) is 3.23. The molecular formula is C16H16BrFN2O. The molecule has 0 radical (unpaired) electrons. The Morgan fingerprint density at radius 2 is 2.14 bits per heavy atom. The zero-order valence-electron chi connectivity index (χ0n) is 11.7. The molecule has 3 nitrogen and oxygen atoms in total. The van der Waals surface area contributed by atoms with Crippen LogP contribution in [-0.4, -0.2) is 11.0 Å². The molecule has 0 bridgehead atoms. The molecule has 21 heavy (non-hydrogen) atoms. The van der Waals surface area contributed by atoms with E-state index in [0.717, 1.165) is 17.8 Å². The van der Waals surface area contributed by atoms with Crippen LogP contribution in [0.5, 0.6) is 11.6 Å². The van der Waals surface area contributed by atoms with Crippen molar-refractivity contribution >= 4 is 15.9 Å². The van der Waals surface area contributed by atoms with E-state index in [0.29, 0.717) is 16.4 Å². The lowest BCUT2D eigenvalue weighted by atomic mass is 10.2. The van der Waals surface area contributed by atoms with Crippen molar-refractivity contribution in [2.75, 3.05) is 0 Å². The Hall–Kier alpha value is -1.46. The third-order valence-electron chi connectivity index (χ3n) is 3.27. The summed E-state index contributed by atoms with van der Waals surface area (Å²) in [6, 6.07) is 9.21. The molecule has 1 fully saturated rings. The van der Waals surface area contributed by atoms with Gasteiger partial charge in [0.15, 0.2) is 11.6 Å². The minimum atomic E-state index is -0.412. The van der Waals surface area contributed by atoms with Crippen LogP contribution in [-0.2, 0) is 6.54 Å². The molecule has 1 saturated carbocycles. The molecule has 3 rings (SSSR count). The quantitative estimate of drug-likeness (QED) is 0.870. The van der Waals surface area contributed by atoms with Gasteiger partial charge in [-0.2, -0.15) is 0 Å². The molecule has 1 aromatic carbocycles. The Bertz CT molecular complexity index is 659. The largest absolute Gasteiger partial charge is 0.436 e. The summed E-state index contributed by atoms with van der Waals surface area (Å²) in [5.41, 5.74) is 1.96. The Morgan fingerprint density at radius 1 is 1.33 bits per heavy atom. The second kappa shape index (κ2) is 6.12. The maximum atomic E-state index is 13.8. The molecule has 110 valence electrons. The van der Waals surface area contributed by atoms with E-state index < -0.39 is 5.82 Å². The highest BCUT2D eigenvalue weighted by Crippen LogP contribution is 2.27. The van der Waals surface area contributed by atoms with Crippen LogP contribution < -0.4 is 10.1 Å². The van der Waals surface area contributed by atoms with E-state index in [-0.39, 0.29) is 5.75 Å². The maximum Gasteiger partial charge on any atom is 0.219 e. The molecule has 1 aromatic heterocycles. The summed E-state index contributed by atoms with van der Waals surface area (Å²) in [5, 5.41) is 3.45. The van der Waals surface area contributed by atoms with Crippen molar-refractivity contribution in [3.8, 4) is 11.6 Å². The summed E-state index contributed by atoms with van der Waals surface area (Å²) in [6.07, 6.45) is 2.50. The van der Waals surface area contributed by atoms with Crippen molar-refractivity contribution in [1.29, 1.82) is 0 Å². The fraction of sp³-hybridized carbons (Fsp3) is 0.312. The summed E-state index contributed by atoms with van der Waals surface area (Å²) in [5.74, 6) is 0.187. The van der Waals surface area contributed by atoms with Crippen LogP contribution in [0, 0.1) is 12.7 Å². The van der Waals surface area contributed by atoms with Gasteiger partial charge in [-0.3, -0.25) is 0 Å². The number of nitrogens with one attached hydrogen (secondary N) is 1. The number of ether oxygens (including phenoxy) is 1. The lowest BCUT2D eigenvalue weighted by Gasteiger charge is -2.10. The number of pyridine rings is 1. The van der Waals surface area contributed by atoms with Gasteiger partial charge in [0.05, 0.1) is 0 Å². The number of rotatable bonds is 5. The van der Waals surface area contributed by atoms with Crippen LogP contribution >= 0.6 is 15.9 Å². The van der Waals surface area contributed by atoms with E-state index in [2.05, 4.69) is 26.2 Å². The van der Waals surface area contributed by atoms with Gasteiger partial charge in [-0.15, -0.1) is 0 Å². The summed E-state index contributed by atoms with van der Waals surface area (Å²) in [7, 11) is 0. The number of halogens is 2. The predicted molar refractivity (Wildman–Crippen MR) is 83.0 cm³/mol. The Balaban J connectivity index is 1.77. The molecule has 1 N–H and O–H groups in total. The van der Waals surface area contributed by atoms with E-state index in [4.69, 9.17) is 4.74 Å². The molecule has 5 heteroatoms. The molecular weight excluding hydrogens is 335 g/mol. The van der Waals surface area contributed by atoms with Crippen LogP contribution in [0.15, 0.2) is 34.8 Å². The summed E-state index contributed by atoms with van der Waals surface area (Å²) in [6.45, 7) is 2.69. The third kappa shape index (κ3) is 4.02. The second-order valence-corrected chi connectivity index (χ2v) is 6.20. The molecule has 0 atom stereocenters. The number of aromatic nitrogens is 1. The van der Waals surface area contributed by atoms with Gasteiger partial charge < -0.3 is 10.1 Å². The van der Waals surface area contributed by atoms with Crippen molar-refractivity contribution in [3.63, 3.8) is 0 Å². The van der Waals surface area contributed by atoms with Gasteiger partial charge in [-0.05, 0) is 49.6 Å². The molecule has 1 aliphatic rings. The number of aryl methyl sites for hydroxylation is 1. The fourth-order valence-electron chi connectivity index (χ4n) is 2.08. The first-order valence-electron chi connectivity index (χ1n) is 6.94. The van der Waals surface area contributed by atoms with Crippen molar-refractivity contribution in [3.05, 3.63) is 51.9 Å². The van der Waals surface area contributed by atoms with Crippen molar-refractivity contribution in [2.45, 2.75) is 32.4 Å². The Morgan fingerprint density at radius 3 is 2.86 bits per heavy atom. The molecule has 0 aliphatic heterocycles. The first-order valence-corrected chi connectivity index (χ1v) is 7.73. The van der Waals surface area contributed by atoms with Crippen LogP contribution in [0.4, 0.5) is 4.39 Å². The maximum absolute atomic E-state index is 13.8. The lowest BCUT2D eigenvalue weighted by molar-refractivity contribution is 0.425.